The van der Waals surface area contributed by atoms with Gasteiger partial charge in [0.1, 0.15) is 0 Å². The summed E-state index contributed by atoms with van der Waals surface area (Å²) in [6, 6.07) is 12.9. The van der Waals surface area contributed by atoms with Crippen LogP contribution < -0.4 is 4.72 Å². The lowest BCUT2D eigenvalue weighted by Crippen LogP contribution is -2.53. The third-order valence-electron chi connectivity index (χ3n) is 5.85. The second-order valence-corrected chi connectivity index (χ2v) is 9.88. The van der Waals surface area contributed by atoms with Crippen molar-refractivity contribution in [2.24, 2.45) is 0 Å². The van der Waals surface area contributed by atoms with Crippen LogP contribution in [0.15, 0.2) is 47.4 Å². The fourth-order valence-corrected chi connectivity index (χ4v) is 4.86. The molecule has 9 heteroatoms. The van der Waals surface area contributed by atoms with E-state index in [0.717, 1.165) is 11.1 Å². The Morgan fingerprint density at radius 3 is 2.19 bits per heavy atom. The smallest absolute Gasteiger partial charge is 0.320 e. The van der Waals surface area contributed by atoms with Gasteiger partial charge in [-0.3, -0.25) is 4.79 Å². The van der Waals surface area contributed by atoms with Crippen molar-refractivity contribution in [1.29, 1.82) is 0 Å². The number of aryl methyl sites for hydroxylation is 1. The standard InChI is InChI=1S/C23H30N4O4S/c1-17-14-20(15-21(18(17)2)32(30,31)24-3)22(28)26-10-12-27(13-11-26)23(29)25(4)16-19-8-6-5-7-9-19/h5-9,14-15,24H,10-13,16H2,1-4H3. The van der Waals surface area contributed by atoms with Gasteiger partial charge in [0, 0.05) is 45.3 Å². The highest BCUT2D eigenvalue weighted by molar-refractivity contribution is 7.89. The average molecular weight is 459 g/mol. The van der Waals surface area contributed by atoms with Gasteiger partial charge in [0.2, 0.25) is 10.0 Å². The Hall–Kier alpha value is -2.91. The predicted octanol–water partition coefficient (Wildman–Crippen LogP) is 2.22. The first-order valence-corrected chi connectivity index (χ1v) is 12.0. The normalized spacial score (nSPS) is 14.4. The van der Waals surface area contributed by atoms with E-state index >= 15 is 0 Å². The Morgan fingerprint density at radius 2 is 1.59 bits per heavy atom. The monoisotopic (exact) mass is 458 g/mol. The van der Waals surface area contributed by atoms with E-state index in [-0.39, 0.29) is 16.8 Å². The van der Waals surface area contributed by atoms with E-state index in [0.29, 0.717) is 43.9 Å². The fourth-order valence-electron chi connectivity index (χ4n) is 3.79. The quantitative estimate of drug-likeness (QED) is 0.744. The number of amides is 3. The molecule has 172 valence electrons. The average Bonchev–Trinajstić information content (AvgIpc) is 2.80. The number of hydrogen-bond acceptors (Lipinski definition) is 4. The molecule has 2 aromatic carbocycles. The molecule has 0 aliphatic carbocycles. The van der Waals surface area contributed by atoms with Gasteiger partial charge >= 0.3 is 6.03 Å². The van der Waals surface area contributed by atoms with Crippen LogP contribution in [-0.2, 0) is 16.6 Å². The Balaban J connectivity index is 1.66. The molecule has 8 nitrogen and oxygen atoms in total. The molecule has 0 unspecified atom stereocenters. The van der Waals surface area contributed by atoms with E-state index in [1.54, 1.807) is 41.7 Å². The lowest BCUT2D eigenvalue weighted by molar-refractivity contribution is 0.0643. The van der Waals surface area contributed by atoms with Crippen LogP contribution in [0.3, 0.4) is 0 Å². The third-order valence-corrected chi connectivity index (χ3v) is 7.39. The predicted molar refractivity (Wildman–Crippen MR) is 123 cm³/mol. The molecule has 0 radical (unpaired) electrons. The van der Waals surface area contributed by atoms with Crippen molar-refractivity contribution >= 4 is 22.0 Å². The zero-order chi connectivity index (χ0) is 23.5. The number of nitrogens with one attached hydrogen (secondary N) is 1. The van der Waals surface area contributed by atoms with Gasteiger partial charge in [0.15, 0.2) is 0 Å². The molecule has 0 spiro atoms. The number of sulfonamides is 1. The molecule has 2 aromatic rings. The lowest BCUT2D eigenvalue weighted by atomic mass is 10.0. The summed E-state index contributed by atoms with van der Waals surface area (Å²) in [5.41, 5.74) is 2.75. The zero-order valence-electron chi connectivity index (χ0n) is 19.0. The van der Waals surface area contributed by atoms with Gasteiger partial charge in [-0.2, -0.15) is 0 Å². The molecule has 1 saturated heterocycles. The van der Waals surface area contributed by atoms with Crippen molar-refractivity contribution in [2.45, 2.75) is 25.3 Å². The molecule has 1 N–H and O–H groups in total. The molecule has 0 saturated carbocycles. The Bertz CT molecular complexity index is 1090. The number of nitrogens with zero attached hydrogens (tertiary/aromatic N) is 3. The third kappa shape index (κ3) is 5.11. The molecule has 0 atom stereocenters. The summed E-state index contributed by atoms with van der Waals surface area (Å²) in [5.74, 6) is -0.231. The van der Waals surface area contributed by atoms with Crippen molar-refractivity contribution in [3.05, 3.63) is 64.7 Å². The zero-order valence-corrected chi connectivity index (χ0v) is 19.8. The van der Waals surface area contributed by atoms with Gasteiger partial charge in [-0.05, 0) is 49.7 Å². The van der Waals surface area contributed by atoms with Crippen LogP contribution in [-0.4, -0.2) is 75.3 Å². The summed E-state index contributed by atoms with van der Waals surface area (Å²) in [6.07, 6.45) is 0. The minimum Gasteiger partial charge on any atom is -0.335 e. The van der Waals surface area contributed by atoms with Gasteiger partial charge in [-0.1, -0.05) is 30.3 Å². The number of piperazine rings is 1. The number of benzene rings is 2. The van der Waals surface area contributed by atoms with Crippen LogP contribution in [0.25, 0.3) is 0 Å². The molecular weight excluding hydrogens is 428 g/mol. The van der Waals surface area contributed by atoms with E-state index in [1.165, 1.54) is 13.1 Å². The molecule has 1 fully saturated rings. The maximum absolute atomic E-state index is 13.1. The second-order valence-electron chi connectivity index (χ2n) is 8.03. The van der Waals surface area contributed by atoms with Crippen LogP contribution in [0.1, 0.15) is 27.0 Å². The summed E-state index contributed by atoms with van der Waals surface area (Å²) >= 11 is 0. The van der Waals surface area contributed by atoms with E-state index in [4.69, 9.17) is 0 Å². The number of urea groups is 1. The van der Waals surface area contributed by atoms with Crippen LogP contribution in [0, 0.1) is 13.8 Å². The molecule has 0 bridgehead atoms. The molecular formula is C23H30N4O4S. The van der Waals surface area contributed by atoms with Crippen molar-refractivity contribution < 1.29 is 18.0 Å². The Kier molecular flexibility index (Phi) is 7.20. The summed E-state index contributed by atoms with van der Waals surface area (Å²) < 4.78 is 27.0. The minimum atomic E-state index is -3.67. The van der Waals surface area contributed by atoms with Crippen molar-refractivity contribution in [3.63, 3.8) is 0 Å². The second kappa shape index (κ2) is 9.70. The maximum atomic E-state index is 13.1. The molecule has 1 aliphatic rings. The molecule has 3 rings (SSSR count). The summed E-state index contributed by atoms with van der Waals surface area (Å²) in [7, 11) is -0.552. The molecule has 0 aromatic heterocycles. The highest BCUT2D eigenvalue weighted by atomic mass is 32.2. The van der Waals surface area contributed by atoms with Crippen LogP contribution in [0.4, 0.5) is 4.79 Å². The van der Waals surface area contributed by atoms with Gasteiger partial charge in [0.25, 0.3) is 5.91 Å². The number of rotatable bonds is 5. The molecule has 1 aliphatic heterocycles. The van der Waals surface area contributed by atoms with Crippen molar-refractivity contribution in [1.82, 2.24) is 19.4 Å². The van der Waals surface area contributed by atoms with Gasteiger partial charge < -0.3 is 14.7 Å². The van der Waals surface area contributed by atoms with E-state index in [1.807, 2.05) is 30.3 Å². The first-order valence-electron chi connectivity index (χ1n) is 10.5. The summed E-state index contributed by atoms with van der Waals surface area (Å²) in [6.45, 7) is 5.68. The summed E-state index contributed by atoms with van der Waals surface area (Å²) in [5, 5.41) is 0. The highest BCUT2D eigenvalue weighted by Crippen LogP contribution is 2.22. The number of hydrogen-bond donors (Lipinski definition) is 1. The Morgan fingerprint density at radius 1 is 1.00 bits per heavy atom. The lowest BCUT2D eigenvalue weighted by Gasteiger charge is -2.36. The van der Waals surface area contributed by atoms with Crippen LogP contribution in [0.2, 0.25) is 0 Å². The van der Waals surface area contributed by atoms with Gasteiger partial charge in [0.05, 0.1) is 4.90 Å². The topological polar surface area (TPSA) is 90.0 Å². The highest BCUT2D eigenvalue weighted by Gasteiger charge is 2.28. The minimum absolute atomic E-state index is 0.0745. The van der Waals surface area contributed by atoms with Gasteiger partial charge in [-0.25, -0.2) is 17.9 Å². The van der Waals surface area contributed by atoms with Gasteiger partial charge in [-0.15, -0.1) is 0 Å². The first-order chi connectivity index (χ1) is 15.1. The largest absolute Gasteiger partial charge is 0.335 e. The maximum Gasteiger partial charge on any atom is 0.320 e. The SMILES string of the molecule is CNS(=O)(=O)c1cc(C(=O)N2CCN(C(=O)N(C)Cc3ccccc3)CC2)cc(C)c1C. The fraction of sp³-hybridized carbons (Fsp3) is 0.391. The number of carbonyl (C=O) groups is 2. The van der Waals surface area contributed by atoms with E-state index in [2.05, 4.69) is 4.72 Å². The molecule has 3 amide bonds. The van der Waals surface area contributed by atoms with Crippen LogP contribution in [0.5, 0.6) is 0 Å². The first kappa shape index (κ1) is 23.7. The molecule has 32 heavy (non-hydrogen) atoms. The molecule has 1 heterocycles. The Labute approximate surface area is 189 Å². The van der Waals surface area contributed by atoms with Crippen molar-refractivity contribution in [2.75, 3.05) is 40.3 Å². The summed E-state index contributed by atoms with van der Waals surface area (Å²) in [4.78, 5) is 31.1. The van der Waals surface area contributed by atoms with Crippen LogP contribution >= 0.6 is 0 Å². The van der Waals surface area contributed by atoms with E-state index < -0.39 is 10.0 Å². The number of carbonyl (C=O) groups excluding carboxylic acids is 2. The van der Waals surface area contributed by atoms with Crippen molar-refractivity contribution in [3.8, 4) is 0 Å². The van der Waals surface area contributed by atoms with E-state index in [9.17, 15) is 18.0 Å².